The SMILES string of the molecule is COc1ccc(-n2nnnc2CNC(=O)COc2cccc3c2OC(C)(C)C3)cc1. The van der Waals surface area contributed by atoms with Gasteiger partial charge in [-0.15, -0.1) is 5.10 Å². The number of carbonyl (C=O) groups excluding carboxylic acids is 1. The van der Waals surface area contributed by atoms with Crippen molar-refractivity contribution >= 4 is 5.91 Å². The van der Waals surface area contributed by atoms with Crippen LogP contribution < -0.4 is 19.5 Å². The number of nitrogens with zero attached hydrogens (tertiary/aromatic N) is 4. The fourth-order valence-electron chi connectivity index (χ4n) is 3.31. The molecule has 30 heavy (non-hydrogen) atoms. The first-order valence-electron chi connectivity index (χ1n) is 9.57. The van der Waals surface area contributed by atoms with Crippen molar-refractivity contribution in [1.29, 1.82) is 0 Å². The monoisotopic (exact) mass is 409 g/mol. The van der Waals surface area contributed by atoms with Crippen molar-refractivity contribution in [2.75, 3.05) is 13.7 Å². The lowest BCUT2D eigenvalue weighted by Gasteiger charge is -2.18. The van der Waals surface area contributed by atoms with Gasteiger partial charge in [-0.2, -0.15) is 4.68 Å². The summed E-state index contributed by atoms with van der Waals surface area (Å²) in [6, 6.07) is 13.0. The van der Waals surface area contributed by atoms with Gasteiger partial charge in [0.2, 0.25) is 0 Å². The van der Waals surface area contributed by atoms with E-state index in [-0.39, 0.29) is 24.7 Å². The van der Waals surface area contributed by atoms with Gasteiger partial charge in [-0.3, -0.25) is 4.79 Å². The molecule has 1 N–H and O–H groups in total. The van der Waals surface area contributed by atoms with Gasteiger partial charge in [0.1, 0.15) is 11.4 Å². The first-order chi connectivity index (χ1) is 14.4. The molecule has 0 bridgehead atoms. The number of nitrogens with one attached hydrogen (secondary N) is 1. The van der Waals surface area contributed by atoms with Crippen LogP contribution >= 0.6 is 0 Å². The van der Waals surface area contributed by atoms with Gasteiger partial charge in [-0.05, 0) is 54.6 Å². The molecule has 4 rings (SSSR count). The van der Waals surface area contributed by atoms with E-state index in [9.17, 15) is 4.79 Å². The van der Waals surface area contributed by atoms with Crippen molar-refractivity contribution in [3.8, 4) is 22.9 Å². The maximum absolute atomic E-state index is 12.3. The van der Waals surface area contributed by atoms with Crippen LogP contribution in [0.4, 0.5) is 0 Å². The molecular formula is C21H23N5O4. The minimum absolute atomic E-state index is 0.135. The summed E-state index contributed by atoms with van der Waals surface area (Å²) in [6.07, 6.45) is 0.805. The molecule has 9 heteroatoms. The number of para-hydroxylation sites is 1. The van der Waals surface area contributed by atoms with E-state index in [1.807, 2.05) is 50.2 Å². The van der Waals surface area contributed by atoms with Crippen molar-refractivity contribution in [2.24, 2.45) is 0 Å². The Bertz CT molecular complexity index is 1050. The summed E-state index contributed by atoms with van der Waals surface area (Å²) in [5.74, 6) is 2.22. The Morgan fingerprint density at radius 2 is 2.03 bits per heavy atom. The number of fused-ring (bicyclic) bond motifs is 1. The maximum atomic E-state index is 12.3. The highest BCUT2D eigenvalue weighted by Crippen LogP contribution is 2.41. The van der Waals surface area contributed by atoms with Gasteiger partial charge < -0.3 is 19.5 Å². The molecule has 0 spiro atoms. The van der Waals surface area contributed by atoms with E-state index in [1.54, 1.807) is 17.9 Å². The average Bonchev–Trinajstić information content (AvgIpc) is 3.33. The van der Waals surface area contributed by atoms with Gasteiger partial charge in [-0.1, -0.05) is 12.1 Å². The zero-order chi connectivity index (χ0) is 21.1. The second-order valence-corrected chi connectivity index (χ2v) is 7.55. The third kappa shape index (κ3) is 4.19. The number of ether oxygens (including phenoxy) is 3. The minimum Gasteiger partial charge on any atom is -0.497 e. The van der Waals surface area contributed by atoms with Gasteiger partial charge in [0.05, 0.1) is 19.3 Å². The Labute approximate surface area is 173 Å². The molecule has 0 fully saturated rings. The van der Waals surface area contributed by atoms with Crippen LogP contribution in [0.15, 0.2) is 42.5 Å². The van der Waals surface area contributed by atoms with E-state index in [1.165, 1.54) is 0 Å². The quantitative estimate of drug-likeness (QED) is 0.638. The van der Waals surface area contributed by atoms with Crippen LogP contribution in [-0.4, -0.2) is 45.4 Å². The molecule has 1 amide bonds. The smallest absolute Gasteiger partial charge is 0.258 e. The molecule has 0 radical (unpaired) electrons. The molecule has 1 aliphatic heterocycles. The molecular weight excluding hydrogens is 386 g/mol. The van der Waals surface area contributed by atoms with Gasteiger partial charge in [0.25, 0.3) is 5.91 Å². The van der Waals surface area contributed by atoms with E-state index in [0.717, 1.165) is 23.4 Å². The molecule has 0 saturated heterocycles. The van der Waals surface area contributed by atoms with Crippen molar-refractivity contribution in [3.05, 3.63) is 53.9 Å². The number of rotatable bonds is 7. The molecule has 9 nitrogen and oxygen atoms in total. The predicted molar refractivity (Wildman–Crippen MR) is 108 cm³/mol. The Hall–Kier alpha value is -3.62. The third-order valence-corrected chi connectivity index (χ3v) is 4.71. The van der Waals surface area contributed by atoms with E-state index < -0.39 is 0 Å². The number of amides is 1. The van der Waals surface area contributed by atoms with Crippen LogP contribution in [0, 0.1) is 0 Å². The molecule has 2 heterocycles. The fraction of sp³-hybridized carbons (Fsp3) is 0.333. The standard InChI is InChI=1S/C21H23N5O4/c1-21(2)11-14-5-4-6-17(20(14)30-21)29-13-19(27)22-12-18-23-24-25-26(18)15-7-9-16(28-3)10-8-15/h4-10H,11-13H2,1-3H3,(H,22,27). The Morgan fingerprint density at radius 1 is 1.23 bits per heavy atom. The van der Waals surface area contributed by atoms with Crippen LogP contribution in [0.5, 0.6) is 17.2 Å². The molecule has 1 aromatic heterocycles. The van der Waals surface area contributed by atoms with Crippen molar-refractivity contribution in [1.82, 2.24) is 25.5 Å². The number of methoxy groups -OCH3 is 1. The summed E-state index contributed by atoms with van der Waals surface area (Å²) < 4.78 is 18.4. The van der Waals surface area contributed by atoms with Crippen LogP contribution in [0.1, 0.15) is 25.2 Å². The molecule has 0 saturated carbocycles. The van der Waals surface area contributed by atoms with Gasteiger partial charge >= 0.3 is 0 Å². The summed E-state index contributed by atoms with van der Waals surface area (Å²) in [6.45, 7) is 4.08. The minimum atomic E-state index is -0.283. The lowest BCUT2D eigenvalue weighted by Crippen LogP contribution is -2.29. The fourth-order valence-corrected chi connectivity index (χ4v) is 3.31. The normalized spacial score (nSPS) is 14.0. The van der Waals surface area contributed by atoms with Crippen molar-refractivity contribution in [3.63, 3.8) is 0 Å². The number of benzene rings is 2. The molecule has 0 aliphatic carbocycles. The van der Waals surface area contributed by atoms with E-state index >= 15 is 0 Å². The largest absolute Gasteiger partial charge is 0.497 e. The lowest BCUT2D eigenvalue weighted by atomic mass is 10.0. The first kappa shape index (κ1) is 19.7. The molecule has 0 unspecified atom stereocenters. The second-order valence-electron chi connectivity index (χ2n) is 7.55. The molecule has 3 aromatic rings. The van der Waals surface area contributed by atoms with E-state index in [0.29, 0.717) is 17.3 Å². The van der Waals surface area contributed by atoms with Crippen LogP contribution in [0.3, 0.4) is 0 Å². The third-order valence-electron chi connectivity index (χ3n) is 4.71. The summed E-state index contributed by atoms with van der Waals surface area (Å²) in [5.41, 5.74) is 1.57. The Balaban J connectivity index is 1.35. The topological polar surface area (TPSA) is 100 Å². The zero-order valence-electron chi connectivity index (χ0n) is 17.1. The lowest BCUT2D eigenvalue weighted by molar-refractivity contribution is -0.123. The molecule has 2 aromatic carbocycles. The average molecular weight is 409 g/mol. The highest BCUT2D eigenvalue weighted by molar-refractivity contribution is 5.77. The van der Waals surface area contributed by atoms with Gasteiger partial charge in [0, 0.05) is 12.0 Å². The van der Waals surface area contributed by atoms with Crippen LogP contribution in [-0.2, 0) is 17.8 Å². The molecule has 0 atom stereocenters. The van der Waals surface area contributed by atoms with Gasteiger partial charge in [0.15, 0.2) is 23.9 Å². The summed E-state index contributed by atoms with van der Waals surface area (Å²) in [5, 5.41) is 14.4. The number of carbonyl (C=O) groups is 1. The van der Waals surface area contributed by atoms with Crippen molar-refractivity contribution < 1.29 is 19.0 Å². The van der Waals surface area contributed by atoms with E-state index in [2.05, 4.69) is 20.8 Å². The van der Waals surface area contributed by atoms with E-state index in [4.69, 9.17) is 14.2 Å². The van der Waals surface area contributed by atoms with Gasteiger partial charge in [-0.25, -0.2) is 0 Å². The highest BCUT2D eigenvalue weighted by Gasteiger charge is 2.32. The first-order valence-corrected chi connectivity index (χ1v) is 9.57. The zero-order valence-corrected chi connectivity index (χ0v) is 17.1. The highest BCUT2D eigenvalue weighted by atomic mass is 16.5. The molecule has 1 aliphatic rings. The summed E-state index contributed by atoms with van der Waals surface area (Å²) >= 11 is 0. The predicted octanol–water partition coefficient (Wildman–Crippen LogP) is 2.08. The second kappa shape index (κ2) is 8.02. The number of hydrogen-bond acceptors (Lipinski definition) is 7. The maximum Gasteiger partial charge on any atom is 0.258 e. The molecule has 156 valence electrons. The van der Waals surface area contributed by atoms with Crippen molar-refractivity contribution in [2.45, 2.75) is 32.4 Å². The summed E-state index contributed by atoms with van der Waals surface area (Å²) in [7, 11) is 1.60. The summed E-state index contributed by atoms with van der Waals surface area (Å²) in [4.78, 5) is 12.3. The number of aromatic nitrogens is 4. The number of tetrazole rings is 1. The van der Waals surface area contributed by atoms with Crippen LogP contribution in [0.2, 0.25) is 0 Å². The number of hydrogen-bond donors (Lipinski definition) is 1. The van der Waals surface area contributed by atoms with Crippen LogP contribution in [0.25, 0.3) is 5.69 Å². The Kier molecular flexibility index (Phi) is 5.26. The Morgan fingerprint density at radius 3 is 2.80 bits per heavy atom.